The molecule has 0 heterocycles. The van der Waals surface area contributed by atoms with Crippen LogP contribution in [0.3, 0.4) is 0 Å². The van der Waals surface area contributed by atoms with E-state index in [1.165, 1.54) is 0 Å². The zero-order valence-electron chi connectivity index (χ0n) is 9.49. The van der Waals surface area contributed by atoms with Crippen LogP contribution in [0.25, 0.3) is 0 Å². The van der Waals surface area contributed by atoms with Gasteiger partial charge in [-0.25, -0.2) is 4.39 Å². The van der Waals surface area contributed by atoms with Gasteiger partial charge in [0.1, 0.15) is 0 Å². The number of hydrogen-bond donors (Lipinski definition) is 0. The third-order valence-corrected chi connectivity index (χ3v) is 2.27. The molecule has 0 rings (SSSR count). The number of alkyl halides is 11. The quantitative estimate of drug-likeness (QED) is 0.597. The van der Waals surface area contributed by atoms with Crippen LogP contribution in [0.4, 0.5) is 57.1 Å². The Morgan fingerprint density at radius 3 is 1.24 bits per heavy atom. The summed E-state index contributed by atoms with van der Waals surface area (Å²) in [6.07, 6.45) is -9.48. The molecule has 0 aromatic rings. The van der Waals surface area contributed by atoms with Gasteiger partial charge in [0.25, 0.3) is 0 Å². The van der Waals surface area contributed by atoms with E-state index in [0.717, 1.165) is 0 Å². The molecule has 0 amide bonds. The summed E-state index contributed by atoms with van der Waals surface area (Å²) in [5.74, 6) is -35.1. The monoisotopic (exact) mass is 347 g/mol. The van der Waals surface area contributed by atoms with Gasteiger partial charge >= 0.3 is 36.0 Å². The average Bonchev–Trinajstić information content (AvgIpc) is 2.25. The molecule has 0 spiro atoms. The van der Waals surface area contributed by atoms with Gasteiger partial charge in [-0.2, -0.15) is 52.7 Å². The summed E-state index contributed by atoms with van der Waals surface area (Å²) in [4.78, 5) is 0. The largest absolute Gasteiger partial charge is 0.384 e. The van der Waals surface area contributed by atoms with E-state index in [4.69, 9.17) is 0 Å². The van der Waals surface area contributed by atoms with Crippen LogP contribution >= 0.6 is 0 Å². The zero-order chi connectivity index (χ0) is 17.7. The molecule has 1 atom stereocenters. The molecule has 127 valence electrons. The highest BCUT2D eigenvalue weighted by Gasteiger charge is 2.87. The van der Waals surface area contributed by atoms with Crippen molar-refractivity contribution in [3.63, 3.8) is 0 Å². The van der Waals surface area contributed by atoms with E-state index in [-0.39, 0.29) is 0 Å². The van der Waals surface area contributed by atoms with Gasteiger partial charge in [-0.05, 0) is 0 Å². The summed E-state index contributed by atoms with van der Waals surface area (Å²) in [5.41, 5.74) is 0. The SMILES string of the molecule is CC(F)(F)C(F)(F)C(F)(F)C(F)(F)C(F)(F)C(F)[C](F)F. The molecule has 0 aromatic carbocycles. The Balaban J connectivity index is 6.01. The first kappa shape index (κ1) is 20.1. The summed E-state index contributed by atoms with van der Waals surface area (Å²) in [6.45, 7) is -0.996. The highest BCUT2D eigenvalue weighted by molar-refractivity contribution is 5.11. The molecule has 0 nitrogen and oxygen atoms in total. The van der Waals surface area contributed by atoms with E-state index in [9.17, 15) is 57.1 Å². The van der Waals surface area contributed by atoms with Crippen molar-refractivity contribution < 1.29 is 57.1 Å². The minimum Gasteiger partial charge on any atom is -0.234 e. The minimum atomic E-state index is -7.54. The summed E-state index contributed by atoms with van der Waals surface area (Å²) >= 11 is 0. The second kappa shape index (κ2) is 5.07. The van der Waals surface area contributed by atoms with Crippen LogP contribution in [0, 0.1) is 6.43 Å². The van der Waals surface area contributed by atoms with Crippen molar-refractivity contribution in [1.29, 1.82) is 0 Å². The molecular formula is C8H4F13. The van der Waals surface area contributed by atoms with Gasteiger partial charge in [0.05, 0.1) is 0 Å². The fourth-order valence-electron chi connectivity index (χ4n) is 0.978. The Morgan fingerprint density at radius 2 is 1.00 bits per heavy atom. The Bertz CT molecular complexity index is 365. The van der Waals surface area contributed by atoms with Crippen LogP contribution in [-0.2, 0) is 0 Å². The molecule has 0 fully saturated rings. The van der Waals surface area contributed by atoms with Crippen molar-refractivity contribution in [3.05, 3.63) is 6.43 Å². The number of hydrogen-bond acceptors (Lipinski definition) is 0. The van der Waals surface area contributed by atoms with Gasteiger partial charge in [-0.3, -0.25) is 0 Å². The standard InChI is InChI=1S/C8H4F13/c1-4(12,13)6(16,17)8(20,21)7(18,19)5(14,15)2(9)3(10)11/h2H,1H3. The molecule has 0 saturated carbocycles. The van der Waals surface area contributed by atoms with Crippen molar-refractivity contribution in [3.8, 4) is 0 Å². The van der Waals surface area contributed by atoms with Crippen molar-refractivity contribution in [2.45, 2.75) is 42.7 Å². The Morgan fingerprint density at radius 1 is 0.667 bits per heavy atom. The first-order valence-corrected chi connectivity index (χ1v) is 4.56. The van der Waals surface area contributed by atoms with E-state index in [2.05, 4.69) is 0 Å². The highest BCUT2D eigenvalue weighted by atomic mass is 19.4. The summed E-state index contributed by atoms with van der Waals surface area (Å²) in [7, 11) is 0. The number of halogens is 13. The smallest absolute Gasteiger partial charge is 0.234 e. The summed E-state index contributed by atoms with van der Waals surface area (Å²) in [6, 6.07) is 0. The topological polar surface area (TPSA) is 0 Å². The molecule has 0 saturated heterocycles. The maximum atomic E-state index is 12.7. The molecule has 0 aromatic heterocycles. The lowest BCUT2D eigenvalue weighted by Gasteiger charge is -2.39. The maximum Gasteiger partial charge on any atom is 0.384 e. The molecule has 21 heavy (non-hydrogen) atoms. The van der Waals surface area contributed by atoms with Crippen molar-refractivity contribution in [2.75, 3.05) is 0 Å². The second-order valence-electron chi connectivity index (χ2n) is 3.89. The molecule has 0 aliphatic carbocycles. The van der Waals surface area contributed by atoms with Crippen molar-refractivity contribution in [1.82, 2.24) is 0 Å². The van der Waals surface area contributed by atoms with E-state index in [0.29, 0.717) is 0 Å². The van der Waals surface area contributed by atoms with Crippen LogP contribution in [-0.4, -0.2) is 35.8 Å². The first-order chi connectivity index (χ1) is 8.85. The zero-order valence-corrected chi connectivity index (χ0v) is 9.49. The van der Waals surface area contributed by atoms with Crippen LogP contribution in [0.1, 0.15) is 6.92 Å². The van der Waals surface area contributed by atoms with Gasteiger partial charge in [-0.1, -0.05) is 0 Å². The molecule has 0 aliphatic heterocycles. The highest BCUT2D eigenvalue weighted by Crippen LogP contribution is 2.58. The lowest BCUT2D eigenvalue weighted by molar-refractivity contribution is -0.405. The van der Waals surface area contributed by atoms with E-state index < -0.39 is 49.1 Å². The van der Waals surface area contributed by atoms with Gasteiger partial charge in [-0.15, -0.1) is 0 Å². The third kappa shape index (κ3) is 2.74. The molecule has 1 radical (unpaired) electrons. The maximum absolute atomic E-state index is 12.7. The van der Waals surface area contributed by atoms with Crippen LogP contribution in [0.5, 0.6) is 0 Å². The lowest BCUT2D eigenvalue weighted by Crippen LogP contribution is -2.68. The van der Waals surface area contributed by atoms with Gasteiger partial charge in [0.15, 0.2) is 0 Å². The number of rotatable bonds is 6. The Kier molecular flexibility index (Phi) is 4.85. The van der Waals surface area contributed by atoms with E-state index in [1.54, 1.807) is 0 Å². The van der Waals surface area contributed by atoms with E-state index >= 15 is 0 Å². The fraction of sp³-hybridized carbons (Fsp3) is 0.875. The van der Waals surface area contributed by atoms with Crippen molar-refractivity contribution in [2.24, 2.45) is 0 Å². The second-order valence-corrected chi connectivity index (χ2v) is 3.89. The normalized spacial score (nSPS) is 17.3. The third-order valence-electron chi connectivity index (χ3n) is 2.27. The molecule has 0 bridgehead atoms. The van der Waals surface area contributed by atoms with E-state index in [1.807, 2.05) is 0 Å². The van der Waals surface area contributed by atoms with Gasteiger partial charge in [0.2, 0.25) is 6.17 Å². The van der Waals surface area contributed by atoms with Crippen molar-refractivity contribution >= 4 is 0 Å². The molecule has 0 aliphatic rings. The first-order valence-electron chi connectivity index (χ1n) is 4.56. The fourth-order valence-corrected chi connectivity index (χ4v) is 0.978. The van der Waals surface area contributed by atoms with Gasteiger partial charge < -0.3 is 0 Å². The minimum absolute atomic E-state index is 0.996. The van der Waals surface area contributed by atoms with Crippen LogP contribution in [0.15, 0.2) is 0 Å². The Hall–Kier alpha value is -0.910. The molecule has 13 heteroatoms. The summed E-state index contributed by atoms with van der Waals surface area (Å²) in [5, 5.41) is 0. The Labute approximate surface area is 107 Å². The van der Waals surface area contributed by atoms with Crippen LogP contribution in [0.2, 0.25) is 0 Å². The molecule has 1 unspecified atom stereocenters. The lowest BCUT2D eigenvalue weighted by atomic mass is 9.93. The van der Waals surface area contributed by atoms with Gasteiger partial charge in [0, 0.05) is 6.92 Å². The average molecular weight is 347 g/mol. The predicted molar refractivity (Wildman–Crippen MR) is 40.8 cm³/mol. The summed E-state index contributed by atoms with van der Waals surface area (Å²) < 4.78 is 161. The predicted octanol–water partition coefficient (Wildman–Crippen LogP) is 4.95. The molecular weight excluding hydrogens is 343 g/mol. The molecule has 0 N–H and O–H groups in total. The van der Waals surface area contributed by atoms with Crippen LogP contribution < -0.4 is 0 Å².